The molecule has 1 amide bonds. The minimum absolute atomic E-state index is 0.115. The van der Waals surface area contributed by atoms with Gasteiger partial charge in [0.05, 0.1) is 24.9 Å². The van der Waals surface area contributed by atoms with Crippen LogP contribution >= 0.6 is 23.2 Å². The number of hydrogen-bond donors (Lipinski definition) is 2. The highest BCUT2D eigenvalue weighted by Gasteiger charge is 2.30. The summed E-state index contributed by atoms with van der Waals surface area (Å²) in [5, 5.41) is 7.28. The lowest BCUT2D eigenvalue weighted by Gasteiger charge is -2.18. The second-order valence-corrected chi connectivity index (χ2v) is 14.5. The summed E-state index contributed by atoms with van der Waals surface area (Å²) in [6, 6.07) is 16.4. The lowest BCUT2D eigenvalue weighted by atomic mass is 9.94. The Bertz CT molecular complexity index is 1970. The topological polar surface area (TPSA) is 125 Å². The second kappa shape index (κ2) is 16.2. The number of amides is 1. The molecule has 0 radical (unpaired) electrons. The number of Topliss-reactive ketones (excluding diaryl/α,β-unsaturated/α-hetero) is 1. The molecule has 3 atom stereocenters. The van der Waals surface area contributed by atoms with Crippen LogP contribution in [0.25, 0.3) is 22.4 Å². The average molecular weight is 745 g/mol. The van der Waals surface area contributed by atoms with Crippen LogP contribution in [0.4, 0.5) is 0 Å². The smallest absolute Gasteiger partial charge is 0.256 e. The number of benzene rings is 2. The Kier molecular flexibility index (Phi) is 11.2. The highest BCUT2D eigenvalue weighted by molar-refractivity contribution is 6.36. The molecular weight excluding hydrogens is 701 g/mol. The second-order valence-electron chi connectivity index (χ2n) is 13.8. The number of aromatic nitrogens is 3. The van der Waals surface area contributed by atoms with Crippen LogP contribution in [-0.4, -0.2) is 53.4 Å². The van der Waals surface area contributed by atoms with Gasteiger partial charge in [0, 0.05) is 48.5 Å². The molecule has 2 fully saturated rings. The van der Waals surface area contributed by atoms with Crippen LogP contribution in [0.3, 0.4) is 0 Å². The number of ether oxygens (including phenoxy) is 3. The molecule has 1 aliphatic heterocycles. The van der Waals surface area contributed by atoms with Gasteiger partial charge in [0.25, 0.3) is 5.88 Å². The summed E-state index contributed by atoms with van der Waals surface area (Å²) in [6.45, 7) is 1.40. The van der Waals surface area contributed by atoms with Crippen LogP contribution in [0.1, 0.15) is 79.9 Å². The van der Waals surface area contributed by atoms with E-state index in [2.05, 4.69) is 32.7 Å². The molecule has 2 aliphatic carbocycles. The molecule has 4 aromatic rings. The molecule has 52 heavy (non-hydrogen) atoms. The zero-order valence-electron chi connectivity index (χ0n) is 29.5. The van der Waals surface area contributed by atoms with Crippen LogP contribution in [0.2, 0.25) is 10.2 Å². The van der Waals surface area contributed by atoms with E-state index in [1.165, 1.54) is 0 Å². The Balaban J connectivity index is 1.06. The van der Waals surface area contributed by atoms with Gasteiger partial charge < -0.3 is 24.8 Å². The molecule has 10 nitrogen and oxygen atoms in total. The third-order valence-corrected chi connectivity index (χ3v) is 11.0. The molecule has 2 aromatic carbocycles. The quantitative estimate of drug-likeness (QED) is 0.134. The van der Waals surface area contributed by atoms with Gasteiger partial charge in [0.15, 0.2) is 5.15 Å². The van der Waals surface area contributed by atoms with Crippen molar-refractivity contribution in [1.82, 2.24) is 25.6 Å². The Morgan fingerprint density at radius 1 is 0.846 bits per heavy atom. The summed E-state index contributed by atoms with van der Waals surface area (Å²) in [6.07, 6.45) is 7.32. The van der Waals surface area contributed by atoms with Crippen LogP contribution in [0, 0.1) is 5.92 Å². The van der Waals surface area contributed by atoms with Gasteiger partial charge in [-0.1, -0.05) is 65.7 Å². The zero-order chi connectivity index (χ0) is 36.2. The van der Waals surface area contributed by atoms with E-state index in [0.29, 0.717) is 66.4 Å². The minimum Gasteiger partial charge on any atom is -0.481 e. The standard InChI is InChI=1S/C40H43Cl2N5O5/c1-50-38-24(22-43-21-23-12-15-26(48)20-23)13-17-32(46-38)31-10-5-9-30(36(31)41)27-7-4-8-29-28(27)16-18-34(29)52-40-37(42)45-33(39(47-40)51-2)11-3-6-25-14-19-35(49)44-25/h4-5,7-10,13,17,23,25,34,43H,3,6,11-12,14-16,18-22H2,1-2H3,(H,44,49)/t23-,25-,34+/m1/s1. The number of pyridine rings is 1. The van der Waals surface area contributed by atoms with Crippen molar-refractivity contribution in [3.05, 3.63) is 81.1 Å². The summed E-state index contributed by atoms with van der Waals surface area (Å²) in [4.78, 5) is 37.3. The summed E-state index contributed by atoms with van der Waals surface area (Å²) in [7, 11) is 3.19. The first-order chi connectivity index (χ1) is 25.3. The van der Waals surface area contributed by atoms with Crippen LogP contribution in [-0.2, 0) is 29.0 Å². The van der Waals surface area contributed by atoms with Gasteiger partial charge in [-0.25, -0.2) is 9.97 Å². The largest absolute Gasteiger partial charge is 0.481 e. The predicted molar refractivity (Wildman–Crippen MR) is 200 cm³/mol. The van der Waals surface area contributed by atoms with Crippen molar-refractivity contribution in [2.24, 2.45) is 5.92 Å². The molecule has 1 saturated heterocycles. The molecule has 272 valence electrons. The summed E-state index contributed by atoms with van der Waals surface area (Å²) in [5.74, 6) is 2.03. The van der Waals surface area contributed by atoms with Gasteiger partial charge >= 0.3 is 0 Å². The van der Waals surface area contributed by atoms with E-state index >= 15 is 0 Å². The maximum absolute atomic E-state index is 11.6. The summed E-state index contributed by atoms with van der Waals surface area (Å²) in [5.41, 5.74) is 7.32. The molecule has 3 heterocycles. The number of aryl methyl sites for hydroxylation is 1. The van der Waals surface area contributed by atoms with Gasteiger partial charge in [-0.15, -0.1) is 0 Å². The molecule has 7 rings (SSSR count). The first-order valence-electron chi connectivity index (χ1n) is 18.0. The number of fused-ring (bicyclic) bond motifs is 1. The molecule has 3 aliphatic rings. The molecule has 2 N–H and O–H groups in total. The molecule has 1 saturated carbocycles. The fourth-order valence-electron chi connectivity index (χ4n) is 7.70. The number of ketones is 1. The maximum Gasteiger partial charge on any atom is 0.256 e. The predicted octanol–water partition coefficient (Wildman–Crippen LogP) is 7.66. The van der Waals surface area contributed by atoms with Crippen LogP contribution < -0.4 is 24.8 Å². The SMILES string of the molecule is COc1nc(-c2cccc(-c3cccc4c3CC[C@@H]4Oc3nc(OC)c(CCC[C@@H]4CCC(=O)N4)nc3Cl)c2Cl)ccc1CNC[C@@H]1CCC(=O)C1. The number of rotatable bonds is 14. The third-order valence-electron chi connectivity index (χ3n) is 10.4. The number of carbonyl (C=O) groups excluding carboxylic acids is 2. The fourth-order valence-corrected chi connectivity index (χ4v) is 8.21. The Morgan fingerprint density at radius 3 is 2.42 bits per heavy atom. The minimum atomic E-state index is -0.272. The Hall–Kier alpha value is -4.25. The Labute approximate surface area is 314 Å². The lowest BCUT2D eigenvalue weighted by molar-refractivity contribution is -0.119. The van der Waals surface area contributed by atoms with Crippen LogP contribution in [0.5, 0.6) is 17.6 Å². The van der Waals surface area contributed by atoms with E-state index in [-0.39, 0.29) is 29.1 Å². The van der Waals surface area contributed by atoms with Crippen molar-refractivity contribution in [3.63, 3.8) is 0 Å². The van der Waals surface area contributed by atoms with E-state index in [9.17, 15) is 9.59 Å². The number of carbonyl (C=O) groups is 2. The number of nitrogens with zero attached hydrogens (tertiary/aromatic N) is 3. The Morgan fingerprint density at radius 2 is 1.65 bits per heavy atom. The first-order valence-corrected chi connectivity index (χ1v) is 18.8. The average Bonchev–Trinajstić information content (AvgIpc) is 3.89. The van der Waals surface area contributed by atoms with E-state index in [1.54, 1.807) is 14.2 Å². The number of hydrogen-bond acceptors (Lipinski definition) is 9. The van der Waals surface area contributed by atoms with Crippen LogP contribution in [0.15, 0.2) is 48.5 Å². The molecule has 2 aromatic heterocycles. The van der Waals surface area contributed by atoms with Gasteiger partial charge in [-0.3, -0.25) is 9.59 Å². The molecule has 0 spiro atoms. The highest BCUT2D eigenvalue weighted by atomic mass is 35.5. The van der Waals surface area contributed by atoms with Crippen molar-refractivity contribution in [2.75, 3.05) is 20.8 Å². The third kappa shape index (κ3) is 7.89. The summed E-state index contributed by atoms with van der Waals surface area (Å²) < 4.78 is 17.7. The van der Waals surface area contributed by atoms with Gasteiger partial charge in [0.1, 0.15) is 17.6 Å². The van der Waals surface area contributed by atoms with E-state index in [4.69, 9.17) is 42.4 Å². The lowest BCUT2D eigenvalue weighted by Crippen LogP contribution is -2.25. The van der Waals surface area contributed by atoms with Crippen molar-refractivity contribution < 1.29 is 23.8 Å². The molecule has 0 bridgehead atoms. The molecular formula is C40H43Cl2N5O5. The van der Waals surface area contributed by atoms with E-state index in [0.717, 1.165) is 84.1 Å². The van der Waals surface area contributed by atoms with Crippen molar-refractivity contribution in [2.45, 2.75) is 82.9 Å². The van der Waals surface area contributed by atoms with Gasteiger partial charge in [-0.05, 0) is 80.2 Å². The van der Waals surface area contributed by atoms with Gasteiger partial charge in [0.2, 0.25) is 17.7 Å². The van der Waals surface area contributed by atoms with Gasteiger partial charge in [-0.2, -0.15) is 4.98 Å². The first kappa shape index (κ1) is 36.1. The molecule has 12 heteroatoms. The van der Waals surface area contributed by atoms with E-state index < -0.39 is 0 Å². The normalized spacial score (nSPS) is 19.5. The van der Waals surface area contributed by atoms with E-state index in [1.807, 2.05) is 36.4 Å². The zero-order valence-corrected chi connectivity index (χ0v) is 31.0. The number of methoxy groups -OCH3 is 2. The monoisotopic (exact) mass is 743 g/mol. The highest BCUT2D eigenvalue weighted by Crippen LogP contribution is 2.44. The van der Waals surface area contributed by atoms with Crippen molar-refractivity contribution in [3.8, 4) is 40.0 Å². The number of halogens is 2. The fraction of sp³-hybridized carbons (Fsp3) is 0.425. The number of nitrogens with one attached hydrogen (secondary N) is 2. The van der Waals surface area contributed by atoms with Crippen molar-refractivity contribution in [1.29, 1.82) is 0 Å². The molecule has 0 unspecified atom stereocenters. The summed E-state index contributed by atoms with van der Waals surface area (Å²) >= 11 is 13.8. The maximum atomic E-state index is 11.6. The van der Waals surface area contributed by atoms with Crippen molar-refractivity contribution >= 4 is 34.9 Å².